The Hall–Kier alpha value is -0.820. The predicted molar refractivity (Wildman–Crippen MR) is 114 cm³/mol. The van der Waals surface area contributed by atoms with Gasteiger partial charge in [-0.3, -0.25) is 9.59 Å². The molecule has 0 heterocycles. The van der Waals surface area contributed by atoms with E-state index in [-0.39, 0.29) is 36.2 Å². The van der Waals surface area contributed by atoms with E-state index < -0.39 is 46.3 Å². The molecule has 0 spiro atoms. The molecule has 31 heavy (non-hydrogen) atoms. The van der Waals surface area contributed by atoms with Gasteiger partial charge in [-0.1, -0.05) is 19.4 Å². The summed E-state index contributed by atoms with van der Waals surface area (Å²) in [4.78, 5) is 24.9. The minimum Gasteiger partial charge on any atom is -0.390 e. The molecule has 5 nitrogen and oxygen atoms in total. The van der Waals surface area contributed by atoms with Crippen LogP contribution in [0, 0.1) is 28.6 Å². The molecule has 0 bridgehead atoms. The second-order valence-corrected chi connectivity index (χ2v) is 11.4. The number of alkyl halides is 2. The fourth-order valence-corrected chi connectivity index (χ4v) is 7.87. The number of hydrogen-bond acceptors (Lipinski definition) is 5. The van der Waals surface area contributed by atoms with Crippen LogP contribution in [0.1, 0.15) is 66.2 Å². The summed E-state index contributed by atoms with van der Waals surface area (Å²) in [5.74, 6) is -3.06. The molecule has 0 radical (unpaired) electrons. The van der Waals surface area contributed by atoms with Gasteiger partial charge >= 0.3 is 0 Å². The van der Waals surface area contributed by atoms with Crippen molar-refractivity contribution in [3.05, 3.63) is 11.6 Å². The number of aliphatic hydroxyl groups excluding tert-OH is 1. The summed E-state index contributed by atoms with van der Waals surface area (Å²) >= 11 is 5.95. The third-order valence-corrected chi connectivity index (χ3v) is 9.23. The van der Waals surface area contributed by atoms with Crippen LogP contribution in [0.2, 0.25) is 0 Å². The van der Waals surface area contributed by atoms with Crippen molar-refractivity contribution in [2.75, 3.05) is 5.88 Å². The summed E-state index contributed by atoms with van der Waals surface area (Å²) in [5, 5.41) is 21.6. The van der Waals surface area contributed by atoms with Gasteiger partial charge in [0.05, 0.1) is 24.0 Å². The maximum atomic E-state index is 17.1. The first-order chi connectivity index (χ1) is 14.3. The number of aliphatic hydroxyl groups is 2. The number of carbonyl (C=O) groups is 2. The number of Topliss-reactive ketones (excluding diaryl/α,β-unsaturated/α-hetero) is 1. The number of allylic oxidation sites excluding steroid dienone is 1. The molecule has 4 aliphatic carbocycles. The third-order valence-electron chi connectivity index (χ3n) is 8.96. The number of rotatable bonds is 4. The molecule has 7 heteroatoms. The molecule has 0 amide bonds. The summed E-state index contributed by atoms with van der Waals surface area (Å²) < 4.78 is 23.0. The first-order valence-corrected chi connectivity index (χ1v) is 11.9. The highest BCUT2D eigenvalue weighted by Crippen LogP contribution is 2.70. The van der Waals surface area contributed by atoms with Gasteiger partial charge in [-0.25, -0.2) is 4.39 Å². The van der Waals surface area contributed by atoms with Gasteiger partial charge in [-0.05, 0) is 63.4 Å². The number of ether oxygens (including phenoxy) is 1. The fourth-order valence-electron chi connectivity index (χ4n) is 7.71. The second-order valence-electron chi connectivity index (χ2n) is 11.1. The van der Waals surface area contributed by atoms with Gasteiger partial charge in [0.15, 0.2) is 17.4 Å². The lowest BCUT2D eigenvalue weighted by Gasteiger charge is -2.62. The molecule has 4 rings (SSSR count). The first kappa shape index (κ1) is 23.3. The Bertz CT molecular complexity index is 821. The average molecular weight is 457 g/mol. The van der Waals surface area contributed by atoms with Gasteiger partial charge in [0.1, 0.15) is 5.67 Å². The molecule has 4 aliphatic rings. The normalized spacial score (nSPS) is 47.3. The van der Waals surface area contributed by atoms with E-state index in [0.29, 0.717) is 25.7 Å². The predicted octanol–water partition coefficient (Wildman–Crippen LogP) is 3.73. The zero-order valence-corrected chi connectivity index (χ0v) is 19.5. The van der Waals surface area contributed by atoms with E-state index >= 15 is 4.39 Å². The Labute approximate surface area is 188 Å². The van der Waals surface area contributed by atoms with Crippen molar-refractivity contribution in [2.45, 2.75) is 89.9 Å². The van der Waals surface area contributed by atoms with Crippen LogP contribution >= 0.6 is 11.6 Å². The van der Waals surface area contributed by atoms with Crippen molar-refractivity contribution in [2.24, 2.45) is 28.6 Å². The van der Waals surface area contributed by atoms with Crippen LogP contribution in [0.25, 0.3) is 0 Å². The van der Waals surface area contributed by atoms with E-state index in [2.05, 4.69) is 0 Å². The molecular weight excluding hydrogens is 423 g/mol. The molecule has 3 fully saturated rings. The molecule has 8 atom stereocenters. The SMILES string of the molecule is CC(C)(O)OC1CC2C3CCC4=CC(=O)CCC4(C)C3(F)C(O)CC2(C)C1C(=O)CCl. The minimum absolute atomic E-state index is 0.0249. The van der Waals surface area contributed by atoms with Crippen LogP contribution in [-0.2, 0) is 14.3 Å². The van der Waals surface area contributed by atoms with E-state index in [1.54, 1.807) is 6.08 Å². The van der Waals surface area contributed by atoms with E-state index in [1.807, 2.05) is 13.8 Å². The van der Waals surface area contributed by atoms with Gasteiger partial charge in [-0.2, -0.15) is 0 Å². The molecule has 0 aromatic carbocycles. The maximum absolute atomic E-state index is 17.1. The van der Waals surface area contributed by atoms with Crippen LogP contribution < -0.4 is 0 Å². The van der Waals surface area contributed by atoms with Crippen molar-refractivity contribution in [3.63, 3.8) is 0 Å². The average Bonchev–Trinajstić information content (AvgIpc) is 2.93. The molecule has 2 N–H and O–H groups in total. The van der Waals surface area contributed by atoms with E-state index in [0.717, 1.165) is 5.57 Å². The van der Waals surface area contributed by atoms with E-state index in [1.165, 1.54) is 13.8 Å². The van der Waals surface area contributed by atoms with Gasteiger partial charge < -0.3 is 14.9 Å². The quantitative estimate of drug-likeness (QED) is 0.497. The smallest absolute Gasteiger partial charge is 0.160 e. The van der Waals surface area contributed by atoms with E-state index in [4.69, 9.17) is 16.3 Å². The van der Waals surface area contributed by atoms with Crippen LogP contribution in [0.15, 0.2) is 11.6 Å². The molecule has 0 aliphatic heterocycles. The topological polar surface area (TPSA) is 83.8 Å². The molecule has 0 saturated heterocycles. The molecule has 3 saturated carbocycles. The van der Waals surface area contributed by atoms with Crippen molar-refractivity contribution < 1.29 is 28.9 Å². The monoisotopic (exact) mass is 456 g/mol. The first-order valence-electron chi connectivity index (χ1n) is 11.4. The third kappa shape index (κ3) is 3.27. The van der Waals surface area contributed by atoms with E-state index in [9.17, 15) is 19.8 Å². The van der Waals surface area contributed by atoms with Crippen molar-refractivity contribution in [1.29, 1.82) is 0 Å². The fraction of sp³-hybridized carbons (Fsp3) is 0.833. The van der Waals surface area contributed by atoms with Gasteiger partial charge in [0.2, 0.25) is 0 Å². The number of hydrogen-bond donors (Lipinski definition) is 2. The Morgan fingerprint density at radius 2 is 2.00 bits per heavy atom. The Morgan fingerprint density at radius 1 is 1.32 bits per heavy atom. The van der Waals surface area contributed by atoms with Crippen LogP contribution in [0.3, 0.4) is 0 Å². The lowest BCUT2D eigenvalue weighted by atomic mass is 9.44. The highest BCUT2D eigenvalue weighted by Gasteiger charge is 2.72. The highest BCUT2D eigenvalue weighted by molar-refractivity contribution is 6.28. The van der Waals surface area contributed by atoms with Gasteiger partial charge in [-0.15, -0.1) is 11.6 Å². The number of halogens is 2. The molecule has 0 aromatic heterocycles. The van der Waals surface area contributed by atoms with Crippen molar-refractivity contribution >= 4 is 23.2 Å². The zero-order valence-electron chi connectivity index (χ0n) is 18.8. The van der Waals surface area contributed by atoms with Gasteiger partial charge in [0.25, 0.3) is 0 Å². The summed E-state index contributed by atoms with van der Waals surface area (Å²) in [7, 11) is 0. The van der Waals surface area contributed by atoms with Crippen molar-refractivity contribution in [3.8, 4) is 0 Å². The Kier molecular flexibility index (Phi) is 5.53. The molecular formula is C24H34ClFO5. The Morgan fingerprint density at radius 3 is 2.61 bits per heavy atom. The summed E-state index contributed by atoms with van der Waals surface area (Å²) in [6.45, 7) is 6.84. The standard InChI is InChI=1S/C24H34ClFO5/c1-21(2,30)31-18-10-16-15-6-5-13-9-14(27)7-8-23(13,4)24(15,26)19(29)11-22(16,3)20(18)17(28)12-25/h9,15-16,18-20,29-30H,5-8,10-12H2,1-4H3. The number of carbonyl (C=O) groups excluding carboxylic acids is 2. The second kappa shape index (κ2) is 7.34. The highest BCUT2D eigenvalue weighted by atomic mass is 35.5. The van der Waals surface area contributed by atoms with Crippen molar-refractivity contribution in [1.82, 2.24) is 0 Å². The lowest BCUT2D eigenvalue weighted by Crippen LogP contribution is -2.67. The maximum Gasteiger partial charge on any atom is 0.160 e. The molecule has 174 valence electrons. The lowest BCUT2D eigenvalue weighted by molar-refractivity contribution is -0.217. The Balaban J connectivity index is 1.78. The minimum atomic E-state index is -1.87. The van der Waals surface area contributed by atoms with Crippen LogP contribution in [0.4, 0.5) is 4.39 Å². The largest absolute Gasteiger partial charge is 0.390 e. The molecule has 8 unspecified atom stereocenters. The summed E-state index contributed by atoms with van der Waals surface area (Å²) in [5.41, 5.74) is -2.64. The van der Waals surface area contributed by atoms with Crippen LogP contribution in [-0.4, -0.2) is 51.3 Å². The zero-order chi connectivity index (χ0) is 23.0. The van der Waals surface area contributed by atoms with Gasteiger partial charge in [0, 0.05) is 17.8 Å². The summed E-state index contributed by atoms with van der Waals surface area (Å²) in [6, 6.07) is 0. The number of ketones is 2. The van der Waals surface area contributed by atoms with Crippen LogP contribution in [0.5, 0.6) is 0 Å². The summed E-state index contributed by atoms with van der Waals surface area (Å²) in [6.07, 6.45) is 2.11. The molecule has 0 aromatic rings. The number of fused-ring (bicyclic) bond motifs is 5.